The Balaban J connectivity index is 1.73. The van der Waals surface area contributed by atoms with Crippen molar-refractivity contribution in [3.05, 3.63) is 83.5 Å². The van der Waals surface area contributed by atoms with Crippen LogP contribution in [0.4, 0.5) is 17.1 Å². The van der Waals surface area contributed by atoms with Crippen LogP contribution in [0.15, 0.2) is 72.3 Å². The molecule has 5 nitrogen and oxygen atoms in total. The van der Waals surface area contributed by atoms with Crippen molar-refractivity contribution in [2.75, 3.05) is 36.5 Å². The second-order valence-corrected chi connectivity index (χ2v) is 9.69. The van der Waals surface area contributed by atoms with Gasteiger partial charge in [-0.3, -0.25) is 4.79 Å². The van der Waals surface area contributed by atoms with E-state index in [1.165, 1.54) is 5.57 Å². The van der Waals surface area contributed by atoms with Gasteiger partial charge in [0.1, 0.15) is 0 Å². The van der Waals surface area contributed by atoms with Crippen LogP contribution in [0, 0.1) is 0 Å². The number of hydrogen-bond acceptors (Lipinski definition) is 4. The molecule has 1 fully saturated rings. The van der Waals surface area contributed by atoms with Crippen molar-refractivity contribution < 1.29 is 4.79 Å². The van der Waals surface area contributed by atoms with E-state index in [2.05, 4.69) is 55.5 Å². The lowest BCUT2D eigenvalue weighted by molar-refractivity contribution is 0.102. The van der Waals surface area contributed by atoms with Gasteiger partial charge < -0.3 is 21.3 Å². The highest BCUT2D eigenvalue weighted by atomic mass is 16.1. The molecule has 0 radical (unpaired) electrons. The molecule has 1 saturated heterocycles. The quantitative estimate of drug-likeness (QED) is 0.334. The first kappa shape index (κ1) is 25.3. The predicted molar refractivity (Wildman–Crippen MR) is 146 cm³/mol. The van der Waals surface area contributed by atoms with Crippen LogP contribution in [0.2, 0.25) is 0 Å². The number of rotatable bonds is 7. The summed E-state index contributed by atoms with van der Waals surface area (Å²) in [6.07, 6.45) is 10.4. The van der Waals surface area contributed by atoms with Gasteiger partial charge in [-0.15, -0.1) is 0 Å². The van der Waals surface area contributed by atoms with Crippen molar-refractivity contribution in [2.45, 2.75) is 46.1 Å². The van der Waals surface area contributed by atoms with Crippen molar-refractivity contribution in [3.8, 4) is 0 Å². The number of likely N-dealkylation sites (tertiary alicyclic amines) is 1. The number of carbonyl (C=O) groups excluding carboxylic acids is 1. The molecule has 0 unspecified atom stereocenters. The van der Waals surface area contributed by atoms with Crippen LogP contribution >= 0.6 is 0 Å². The van der Waals surface area contributed by atoms with E-state index in [-0.39, 0.29) is 11.4 Å². The zero-order valence-corrected chi connectivity index (χ0v) is 21.1. The number of hydrogen-bond donors (Lipinski definition) is 3. The van der Waals surface area contributed by atoms with E-state index in [0.717, 1.165) is 42.8 Å². The van der Waals surface area contributed by atoms with Gasteiger partial charge in [-0.25, -0.2) is 0 Å². The molecule has 34 heavy (non-hydrogen) atoms. The summed E-state index contributed by atoms with van der Waals surface area (Å²) < 4.78 is 0. The number of nitrogens with one attached hydrogen (secondary N) is 2. The van der Waals surface area contributed by atoms with E-state index in [9.17, 15) is 4.79 Å². The summed E-state index contributed by atoms with van der Waals surface area (Å²) >= 11 is 0. The highest BCUT2D eigenvalue weighted by Crippen LogP contribution is 2.28. The zero-order valence-electron chi connectivity index (χ0n) is 21.1. The highest BCUT2D eigenvalue weighted by Gasteiger charge is 2.28. The lowest BCUT2D eigenvalue weighted by Crippen LogP contribution is -2.45. The van der Waals surface area contributed by atoms with Crippen LogP contribution < -0.4 is 16.4 Å². The molecule has 1 amide bonds. The maximum absolute atomic E-state index is 13.0. The minimum atomic E-state index is -0.179. The van der Waals surface area contributed by atoms with Gasteiger partial charge >= 0.3 is 0 Å². The predicted octanol–water partition coefficient (Wildman–Crippen LogP) is 6.34. The molecule has 180 valence electrons. The fourth-order valence-corrected chi connectivity index (χ4v) is 4.01. The van der Waals surface area contributed by atoms with Crippen molar-refractivity contribution in [1.29, 1.82) is 0 Å². The van der Waals surface area contributed by atoms with E-state index in [0.29, 0.717) is 16.9 Å². The van der Waals surface area contributed by atoms with E-state index in [1.54, 1.807) is 0 Å². The third-order valence-corrected chi connectivity index (χ3v) is 6.26. The first-order valence-electron chi connectivity index (χ1n) is 11.9. The summed E-state index contributed by atoms with van der Waals surface area (Å²) in [6, 6.07) is 13.4. The van der Waals surface area contributed by atoms with Gasteiger partial charge in [-0.05, 0) is 95.1 Å². The van der Waals surface area contributed by atoms with Crippen LogP contribution in [-0.2, 0) is 0 Å². The van der Waals surface area contributed by atoms with Gasteiger partial charge in [-0.1, -0.05) is 35.9 Å². The van der Waals surface area contributed by atoms with E-state index in [1.807, 2.05) is 61.5 Å². The van der Waals surface area contributed by atoms with E-state index >= 15 is 0 Å². The molecule has 1 aliphatic rings. The average Bonchev–Trinajstić information content (AvgIpc) is 2.80. The Kier molecular flexibility index (Phi) is 8.35. The number of nitrogens with zero attached hydrogens (tertiary/aromatic N) is 1. The third kappa shape index (κ3) is 6.84. The van der Waals surface area contributed by atoms with Gasteiger partial charge in [0, 0.05) is 29.9 Å². The summed E-state index contributed by atoms with van der Waals surface area (Å²) in [7, 11) is 2.16. The Hall–Kier alpha value is -3.31. The number of benzene rings is 2. The average molecular weight is 459 g/mol. The SMILES string of the molecule is C/C=C\C(=C/C=C(C)C)c1ccc(N)c(NC(=O)c2ccc(NC3(C)CCN(C)CC3)cc2)c1. The summed E-state index contributed by atoms with van der Waals surface area (Å²) in [5.41, 5.74) is 12.3. The first-order valence-corrected chi connectivity index (χ1v) is 11.9. The number of anilines is 3. The second-order valence-electron chi connectivity index (χ2n) is 9.69. The summed E-state index contributed by atoms with van der Waals surface area (Å²) in [5, 5.41) is 6.64. The lowest BCUT2D eigenvalue weighted by Gasteiger charge is -2.39. The van der Waals surface area contributed by atoms with Gasteiger partial charge in [0.15, 0.2) is 0 Å². The first-order chi connectivity index (χ1) is 16.2. The molecule has 2 aromatic carbocycles. The number of allylic oxidation sites excluding steroid dienone is 6. The van der Waals surface area contributed by atoms with Gasteiger partial charge in [-0.2, -0.15) is 0 Å². The van der Waals surface area contributed by atoms with E-state index < -0.39 is 0 Å². The number of carbonyl (C=O) groups is 1. The maximum atomic E-state index is 13.0. The molecule has 0 aromatic heterocycles. The Morgan fingerprint density at radius 3 is 2.29 bits per heavy atom. The lowest BCUT2D eigenvalue weighted by atomic mass is 9.89. The van der Waals surface area contributed by atoms with Gasteiger partial charge in [0.05, 0.1) is 11.4 Å². The normalized spacial score (nSPS) is 16.3. The molecule has 1 aliphatic heterocycles. The molecular formula is C29H38N4O. The largest absolute Gasteiger partial charge is 0.397 e. The Labute approximate surface area is 204 Å². The topological polar surface area (TPSA) is 70.4 Å². The molecule has 1 heterocycles. The number of nitrogen functional groups attached to an aromatic ring is 1. The number of piperidine rings is 1. The van der Waals surface area contributed by atoms with Crippen LogP contribution in [-0.4, -0.2) is 36.5 Å². The van der Waals surface area contributed by atoms with Crippen molar-refractivity contribution in [3.63, 3.8) is 0 Å². The minimum Gasteiger partial charge on any atom is -0.397 e. The van der Waals surface area contributed by atoms with Gasteiger partial charge in [0.2, 0.25) is 0 Å². The number of amides is 1. The second kappa shape index (κ2) is 11.2. The monoisotopic (exact) mass is 458 g/mol. The molecule has 0 bridgehead atoms. The molecule has 5 heteroatoms. The zero-order chi connectivity index (χ0) is 24.7. The van der Waals surface area contributed by atoms with E-state index in [4.69, 9.17) is 5.73 Å². The van der Waals surface area contributed by atoms with Crippen molar-refractivity contribution in [1.82, 2.24) is 4.90 Å². The fraction of sp³-hybridized carbons (Fsp3) is 0.345. The third-order valence-electron chi connectivity index (χ3n) is 6.26. The highest BCUT2D eigenvalue weighted by molar-refractivity contribution is 6.06. The minimum absolute atomic E-state index is 0.0782. The Morgan fingerprint density at radius 1 is 1.03 bits per heavy atom. The molecule has 0 aliphatic carbocycles. The Morgan fingerprint density at radius 2 is 1.68 bits per heavy atom. The molecule has 2 aromatic rings. The molecule has 3 rings (SSSR count). The van der Waals surface area contributed by atoms with Crippen molar-refractivity contribution in [2.24, 2.45) is 0 Å². The molecule has 0 spiro atoms. The van der Waals surface area contributed by atoms with Crippen LogP contribution in [0.1, 0.15) is 56.5 Å². The molecular weight excluding hydrogens is 420 g/mol. The number of nitrogens with two attached hydrogens (primary N) is 1. The molecule has 0 atom stereocenters. The molecule has 4 N–H and O–H groups in total. The van der Waals surface area contributed by atoms with Crippen LogP contribution in [0.25, 0.3) is 5.57 Å². The summed E-state index contributed by atoms with van der Waals surface area (Å²) in [6.45, 7) is 10.6. The van der Waals surface area contributed by atoms with Crippen LogP contribution in [0.3, 0.4) is 0 Å². The van der Waals surface area contributed by atoms with Crippen molar-refractivity contribution >= 4 is 28.5 Å². The molecule has 0 saturated carbocycles. The summed E-state index contributed by atoms with van der Waals surface area (Å²) in [4.78, 5) is 15.3. The smallest absolute Gasteiger partial charge is 0.255 e. The maximum Gasteiger partial charge on any atom is 0.255 e. The Bertz CT molecular complexity index is 1080. The fourth-order valence-electron chi connectivity index (χ4n) is 4.01. The summed E-state index contributed by atoms with van der Waals surface area (Å²) in [5.74, 6) is -0.179. The standard InChI is InChI=1S/C29H38N4O/c1-6-7-22(9-8-21(2)3)24-12-15-26(30)27(20-24)31-28(34)23-10-13-25(14-11-23)32-29(4)16-18-33(5)19-17-29/h6-15,20,32H,16-19,30H2,1-5H3,(H,31,34)/b7-6-,22-9+. The van der Waals surface area contributed by atoms with Gasteiger partial charge in [0.25, 0.3) is 5.91 Å². The van der Waals surface area contributed by atoms with Crippen LogP contribution in [0.5, 0.6) is 0 Å².